The summed E-state index contributed by atoms with van der Waals surface area (Å²) in [6.45, 7) is 3.52. The van der Waals surface area contributed by atoms with Crippen molar-refractivity contribution in [3.05, 3.63) is 18.0 Å². The molecule has 0 radical (unpaired) electrons. The molecule has 2 saturated heterocycles. The lowest BCUT2D eigenvalue weighted by atomic mass is 9.77. The Kier molecular flexibility index (Phi) is 4.89. The zero-order valence-corrected chi connectivity index (χ0v) is 14.5. The van der Waals surface area contributed by atoms with Gasteiger partial charge in [0.2, 0.25) is 11.8 Å². The maximum Gasteiger partial charge on any atom is 0.228 e. The Balaban J connectivity index is 1.52. The lowest BCUT2D eigenvalue weighted by Gasteiger charge is -2.38. The third-order valence-electron chi connectivity index (χ3n) is 5.25. The molecule has 0 N–H and O–H groups in total. The van der Waals surface area contributed by atoms with E-state index in [2.05, 4.69) is 5.10 Å². The van der Waals surface area contributed by atoms with Crippen LogP contribution >= 0.6 is 0 Å². The topological polar surface area (TPSA) is 67.7 Å². The fourth-order valence-electron chi connectivity index (χ4n) is 3.78. The van der Waals surface area contributed by atoms with Gasteiger partial charge in [0.15, 0.2) is 0 Å². The Morgan fingerprint density at radius 2 is 2.12 bits per heavy atom. The molecule has 3 heterocycles. The van der Waals surface area contributed by atoms with E-state index in [-0.39, 0.29) is 17.2 Å². The first-order valence-corrected chi connectivity index (χ1v) is 8.54. The minimum Gasteiger partial charge on any atom is -0.383 e. The molecule has 1 aromatic rings. The standard InChI is InChI=1S/C17H26N4O3/c1-19-6-3-14(18-19)11-15(22)20-7-4-17(5-8-20)12-16(23)21(13-17)9-10-24-2/h3,6H,4-5,7-13H2,1-2H3. The van der Waals surface area contributed by atoms with Crippen molar-refractivity contribution < 1.29 is 14.3 Å². The Hall–Kier alpha value is -1.89. The molecule has 2 fully saturated rings. The number of methoxy groups -OCH3 is 1. The molecular weight excluding hydrogens is 308 g/mol. The van der Waals surface area contributed by atoms with E-state index in [9.17, 15) is 9.59 Å². The summed E-state index contributed by atoms with van der Waals surface area (Å²) in [4.78, 5) is 28.5. The van der Waals surface area contributed by atoms with Crippen molar-refractivity contribution in [3.8, 4) is 0 Å². The molecule has 7 nitrogen and oxygen atoms in total. The Morgan fingerprint density at radius 3 is 2.75 bits per heavy atom. The summed E-state index contributed by atoms with van der Waals surface area (Å²) >= 11 is 0. The molecule has 1 spiro atoms. The average molecular weight is 334 g/mol. The van der Waals surface area contributed by atoms with Crippen LogP contribution in [0.1, 0.15) is 25.0 Å². The quantitative estimate of drug-likeness (QED) is 0.784. The van der Waals surface area contributed by atoms with E-state index in [0.29, 0.717) is 26.0 Å². The first-order valence-electron chi connectivity index (χ1n) is 8.54. The third kappa shape index (κ3) is 3.61. The first kappa shape index (κ1) is 17.0. The molecule has 2 aliphatic heterocycles. The molecule has 0 unspecified atom stereocenters. The SMILES string of the molecule is COCCN1CC2(CCN(C(=O)Cc3ccn(C)n3)CC2)CC1=O. The molecule has 0 aromatic carbocycles. The normalized spacial score (nSPS) is 20.2. The van der Waals surface area contributed by atoms with Crippen LogP contribution < -0.4 is 0 Å². The van der Waals surface area contributed by atoms with Gasteiger partial charge in [0.1, 0.15) is 0 Å². The van der Waals surface area contributed by atoms with E-state index in [1.54, 1.807) is 11.8 Å². The number of hydrogen-bond acceptors (Lipinski definition) is 4. The summed E-state index contributed by atoms with van der Waals surface area (Å²) < 4.78 is 6.80. The van der Waals surface area contributed by atoms with Crippen molar-refractivity contribution >= 4 is 11.8 Å². The number of hydrogen-bond donors (Lipinski definition) is 0. The fourth-order valence-corrected chi connectivity index (χ4v) is 3.78. The minimum atomic E-state index is 0.0482. The zero-order chi connectivity index (χ0) is 17.2. The van der Waals surface area contributed by atoms with Crippen LogP contribution in [0.5, 0.6) is 0 Å². The van der Waals surface area contributed by atoms with Gasteiger partial charge >= 0.3 is 0 Å². The number of aryl methyl sites for hydroxylation is 1. The number of carbonyl (C=O) groups is 2. The van der Waals surface area contributed by atoms with Gasteiger partial charge in [0.25, 0.3) is 0 Å². The molecule has 2 amide bonds. The molecule has 7 heteroatoms. The van der Waals surface area contributed by atoms with E-state index in [1.807, 2.05) is 29.1 Å². The van der Waals surface area contributed by atoms with Gasteiger partial charge in [-0.25, -0.2) is 0 Å². The van der Waals surface area contributed by atoms with Crippen LogP contribution in [0.15, 0.2) is 12.3 Å². The van der Waals surface area contributed by atoms with Gasteiger partial charge in [-0.05, 0) is 18.9 Å². The Morgan fingerprint density at radius 1 is 1.38 bits per heavy atom. The van der Waals surface area contributed by atoms with Crippen molar-refractivity contribution in [1.29, 1.82) is 0 Å². The van der Waals surface area contributed by atoms with Crippen LogP contribution in [0.25, 0.3) is 0 Å². The fraction of sp³-hybridized carbons (Fsp3) is 0.706. The Labute approximate surface area is 142 Å². The molecule has 24 heavy (non-hydrogen) atoms. The number of piperidine rings is 1. The van der Waals surface area contributed by atoms with E-state index < -0.39 is 0 Å². The predicted molar refractivity (Wildman–Crippen MR) is 88.2 cm³/mol. The summed E-state index contributed by atoms with van der Waals surface area (Å²) in [5.74, 6) is 0.351. The summed E-state index contributed by atoms with van der Waals surface area (Å²) in [5.41, 5.74) is 0.858. The van der Waals surface area contributed by atoms with Gasteiger partial charge in [-0.3, -0.25) is 14.3 Å². The lowest BCUT2D eigenvalue weighted by Crippen LogP contribution is -2.45. The first-order chi connectivity index (χ1) is 11.5. The number of rotatable bonds is 5. The van der Waals surface area contributed by atoms with Gasteiger partial charge in [0.05, 0.1) is 18.7 Å². The predicted octanol–water partition coefficient (Wildman–Crippen LogP) is 0.450. The highest BCUT2D eigenvalue weighted by Crippen LogP contribution is 2.40. The van der Waals surface area contributed by atoms with Gasteiger partial charge in [0, 0.05) is 58.4 Å². The number of likely N-dealkylation sites (tertiary alicyclic amines) is 2. The second kappa shape index (κ2) is 6.93. The van der Waals surface area contributed by atoms with Crippen molar-refractivity contribution in [3.63, 3.8) is 0 Å². The highest BCUT2D eigenvalue weighted by molar-refractivity contribution is 5.80. The van der Waals surface area contributed by atoms with Crippen LogP contribution in [0.3, 0.4) is 0 Å². The largest absolute Gasteiger partial charge is 0.383 e. The lowest BCUT2D eigenvalue weighted by molar-refractivity contribution is -0.132. The second-order valence-corrected chi connectivity index (χ2v) is 7.02. The molecule has 1 aromatic heterocycles. The molecule has 0 saturated carbocycles. The van der Waals surface area contributed by atoms with E-state index >= 15 is 0 Å². The summed E-state index contributed by atoms with van der Waals surface area (Å²) in [6.07, 6.45) is 4.62. The van der Waals surface area contributed by atoms with E-state index in [4.69, 9.17) is 4.74 Å². The number of ether oxygens (including phenoxy) is 1. The van der Waals surface area contributed by atoms with Crippen LogP contribution in [-0.4, -0.2) is 71.3 Å². The van der Waals surface area contributed by atoms with Gasteiger partial charge in [-0.15, -0.1) is 0 Å². The highest BCUT2D eigenvalue weighted by Gasteiger charge is 2.45. The van der Waals surface area contributed by atoms with Crippen LogP contribution in [-0.2, 0) is 27.8 Å². The smallest absolute Gasteiger partial charge is 0.228 e. The molecule has 0 bridgehead atoms. The average Bonchev–Trinajstić information content (AvgIpc) is 3.09. The molecule has 0 aliphatic carbocycles. The van der Waals surface area contributed by atoms with Crippen molar-refractivity contribution in [2.24, 2.45) is 12.5 Å². The number of amides is 2. The third-order valence-corrected chi connectivity index (χ3v) is 5.25. The maximum atomic E-state index is 12.4. The number of aromatic nitrogens is 2. The van der Waals surface area contributed by atoms with Crippen molar-refractivity contribution in [2.75, 3.05) is 39.9 Å². The summed E-state index contributed by atoms with van der Waals surface area (Å²) in [7, 11) is 3.51. The van der Waals surface area contributed by atoms with Crippen LogP contribution in [0, 0.1) is 5.41 Å². The molecule has 3 rings (SSSR count). The summed E-state index contributed by atoms with van der Waals surface area (Å²) in [5, 5.41) is 4.27. The van der Waals surface area contributed by atoms with Crippen LogP contribution in [0.2, 0.25) is 0 Å². The van der Waals surface area contributed by atoms with Gasteiger partial charge in [-0.1, -0.05) is 0 Å². The Bertz CT molecular complexity index is 605. The van der Waals surface area contributed by atoms with E-state index in [1.165, 1.54) is 0 Å². The van der Waals surface area contributed by atoms with E-state index in [0.717, 1.165) is 38.2 Å². The maximum absolute atomic E-state index is 12.4. The molecule has 2 aliphatic rings. The summed E-state index contributed by atoms with van der Waals surface area (Å²) in [6, 6.07) is 1.88. The van der Waals surface area contributed by atoms with Gasteiger partial charge in [-0.2, -0.15) is 5.10 Å². The highest BCUT2D eigenvalue weighted by atomic mass is 16.5. The van der Waals surface area contributed by atoms with Gasteiger partial charge < -0.3 is 14.5 Å². The van der Waals surface area contributed by atoms with Crippen molar-refractivity contribution in [1.82, 2.24) is 19.6 Å². The number of nitrogens with zero attached hydrogens (tertiary/aromatic N) is 4. The second-order valence-electron chi connectivity index (χ2n) is 7.02. The van der Waals surface area contributed by atoms with Crippen molar-refractivity contribution in [2.45, 2.75) is 25.7 Å². The minimum absolute atomic E-state index is 0.0482. The number of carbonyl (C=O) groups excluding carboxylic acids is 2. The molecule has 0 atom stereocenters. The zero-order valence-electron chi connectivity index (χ0n) is 14.5. The molecular formula is C17H26N4O3. The molecule has 132 valence electrons. The monoisotopic (exact) mass is 334 g/mol. The van der Waals surface area contributed by atoms with Crippen LogP contribution in [0.4, 0.5) is 0 Å².